The topological polar surface area (TPSA) is 6.48 Å². The first kappa shape index (κ1) is 15.5. The van der Waals surface area contributed by atoms with Crippen LogP contribution in [0.15, 0.2) is 0 Å². The van der Waals surface area contributed by atoms with Crippen molar-refractivity contribution in [2.45, 2.75) is 52.0 Å². The molecule has 1 fully saturated rings. The number of rotatable bonds is 9. The summed E-state index contributed by atoms with van der Waals surface area (Å²) in [5, 5.41) is 1.10. The molecule has 0 saturated carbocycles. The quantitative estimate of drug-likeness (QED) is 0.603. The molecule has 0 atom stereocenters. The van der Waals surface area contributed by atoms with Crippen molar-refractivity contribution in [2.24, 2.45) is 0 Å². The van der Waals surface area contributed by atoms with Crippen LogP contribution in [0.4, 0.5) is 0 Å². The van der Waals surface area contributed by atoms with E-state index in [1.54, 1.807) is 0 Å². The normalized spacial score (nSPS) is 17.5. The number of likely N-dealkylation sites (tertiary alicyclic amines) is 1. The van der Waals surface area contributed by atoms with Crippen LogP contribution in [-0.2, 0) is 0 Å². The number of hydrogen-bond acceptors (Lipinski definition) is 2. The lowest BCUT2D eigenvalue weighted by Gasteiger charge is -2.30. The molecule has 3 heteroatoms. The van der Waals surface area contributed by atoms with Crippen LogP contribution >= 0.6 is 15.9 Å². The molecule has 17 heavy (non-hydrogen) atoms. The van der Waals surface area contributed by atoms with E-state index in [0.29, 0.717) is 0 Å². The molecule has 0 radical (unpaired) electrons. The number of hydrogen-bond donors (Lipinski definition) is 0. The Morgan fingerprint density at radius 3 is 2.29 bits per heavy atom. The maximum Gasteiger partial charge on any atom is 0.0159 e. The van der Waals surface area contributed by atoms with Gasteiger partial charge in [0.1, 0.15) is 0 Å². The molecule has 102 valence electrons. The van der Waals surface area contributed by atoms with Crippen molar-refractivity contribution in [1.82, 2.24) is 9.80 Å². The summed E-state index contributed by atoms with van der Waals surface area (Å²) < 4.78 is 0. The van der Waals surface area contributed by atoms with Gasteiger partial charge in [-0.15, -0.1) is 0 Å². The highest BCUT2D eigenvalue weighted by molar-refractivity contribution is 9.09. The van der Waals surface area contributed by atoms with E-state index in [2.05, 4.69) is 39.6 Å². The zero-order valence-corrected chi connectivity index (χ0v) is 13.2. The van der Waals surface area contributed by atoms with E-state index < -0.39 is 0 Å². The van der Waals surface area contributed by atoms with E-state index in [1.165, 1.54) is 64.8 Å². The molecule has 0 aromatic rings. The average molecular weight is 305 g/mol. The Labute approximate surface area is 116 Å². The Kier molecular flexibility index (Phi) is 8.50. The maximum atomic E-state index is 3.58. The van der Waals surface area contributed by atoms with Gasteiger partial charge in [-0.25, -0.2) is 0 Å². The Hall–Kier alpha value is 0.400. The Balaban J connectivity index is 2.22. The highest BCUT2D eigenvalue weighted by Crippen LogP contribution is 2.12. The monoisotopic (exact) mass is 304 g/mol. The second-order valence-corrected chi connectivity index (χ2v) is 5.89. The van der Waals surface area contributed by atoms with Crippen molar-refractivity contribution in [1.29, 1.82) is 0 Å². The van der Waals surface area contributed by atoms with E-state index in [4.69, 9.17) is 0 Å². The van der Waals surface area contributed by atoms with Gasteiger partial charge in [-0.1, -0.05) is 29.8 Å². The van der Waals surface area contributed by atoms with Crippen LogP contribution in [0.2, 0.25) is 0 Å². The van der Waals surface area contributed by atoms with Gasteiger partial charge in [0.2, 0.25) is 0 Å². The predicted octanol–water partition coefficient (Wildman–Crippen LogP) is 3.36. The van der Waals surface area contributed by atoms with Crippen LogP contribution < -0.4 is 0 Å². The fraction of sp³-hybridized carbons (Fsp3) is 1.00. The number of alkyl halides is 1. The van der Waals surface area contributed by atoms with Crippen molar-refractivity contribution in [3.63, 3.8) is 0 Å². The molecule has 0 bridgehead atoms. The van der Waals surface area contributed by atoms with Gasteiger partial charge >= 0.3 is 0 Å². The van der Waals surface area contributed by atoms with Gasteiger partial charge in [0.15, 0.2) is 0 Å². The highest BCUT2D eigenvalue weighted by Gasteiger charge is 2.15. The van der Waals surface area contributed by atoms with Crippen molar-refractivity contribution < 1.29 is 0 Å². The van der Waals surface area contributed by atoms with Gasteiger partial charge in [-0.05, 0) is 58.3 Å². The molecule has 2 nitrogen and oxygen atoms in total. The van der Waals surface area contributed by atoms with E-state index in [0.717, 1.165) is 11.4 Å². The molecule has 1 heterocycles. The van der Waals surface area contributed by atoms with Gasteiger partial charge < -0.3 is 4.90 Å². The summed E-state index contributed by atoms with van der Waals surface area (Å²) in [6.07, 6.45) is 6.74. The molecular weight excluding hydrogens is 276 g/mol. The number of halogens is 1. The van der Waals surface area contributed by atoms with Gasteiger partial charge in [0.05, 0.1) is 0 Å². The molecule has 0 N–H and O–H groups in total. The third kappa shape index (κ3) is 5.71. The molecule has 1 saturated heterocycles. The standard InChI is InChI=1S/C14H29BrN2/c1-3-14(4-2)17(13-8-15)12-7-11-16-9-5-6-10-16/h14H,3-13H2,1-2H3. The van der Waals surface area contributed by atoms with Crippen LogP contribution in [0, 0.1) is 0 Å². The first-order valence-corrected chi connectivity index (χ1v) is 8.46. The van der Waals surface area contributed by atoms with Gasteiger partial charge in [-0.3, -0.25) is 4.90 Å². The van der Waals surface area contributed by atoms with Crippen LogP contribution in [0.3, 0.4) is 0 Å². The van der Waals surface area contributed by atoms with Gasteiger partial charge in [-0.2, -0.15) is 0 Å². The minimum absolute atomic E-state index is 0.783. The van der Waals surface area contributed by atoms with Crippen molar-refractivity contribution in [3.8, 4) is 0 Å². The number of nitrogens with zero attached hydrogens (tertiary/aromatic N) is 2. The lowest BCUT2D eigenvalue weighted by atomic mass is 10.1. The van der Waals surface area contributed by atoms with Crippen LogP contribution in [0.5, 0.6) is 0 Å². The van der Waals surface area contributed by atoms with Gasteiger partial charge in [0, 0.05) is 17.9 Å². The Morgan fingerprint density at radius 1 is 1.12 bits per heavy atom. The summed E-state index contributed by atoms with van der Waals surface area (Å²) in [4.78, 5) is 5.30. The zero-order chi connectivity index (χ0) is 12.5. The minimum atomic E-state index is 0.783. The van der Waals surface area contributed by atoms with Crippen molar-refractivity contribution >= 4 is 15.9 Å². The second-order valence-electron chi connectivity index (χ2n) is 5.10. The first-order valence-electron chi connectivity index (χ1n) is 7.34. The fourth-order valence-electron chi connectivity index (χ4n) is 2.89. The third-order valence-corrected chi connectivity index (χ3v) is 4.30. The molecular formula is C14H29BrN2. The SMILES string of the molecule is CCC(CC)N(CCBr)CCCN1CCCC1. The van der Waals surface area contributed by atoms with E-state index in [1.807, 2.05) is 0 Å². The summed E-state index contributed by atoms with van der Waals surface area (Å²) in [5.74, 6) is 0. The summed E-state index contributed by atoms with van der Waals surface area (Å²) in [6.45, 7) is 11.1. The molecule has 0 aliphatic carbocycles. The molecule has 1 aliphatic rings. The van der Waals surface area contributed by atoms with Crippen LogP contribution in [0.1, 0.15) is 46.0 Å². The molecule has 0 spiro atoms. The molecule has 0 aromatic carbocycles. The zero-order valence-electron chi connectivity index (χ0n) is 11.6. The predicted molar refractivity (Wildman–Crippen MR) is 80.0 cm³/mol. The van der Waals surface area contributed by atoms with E-state index >= 15 is 0 Å². The lowest BCUT2D eigenvalue weighted by molar-refractivity contribution is 0.185. The highest BCUT2D eigenvalue weighted by atomic mass is 79.9. The molecule has 0 amide bonds. The minimum Gasteiger partial charge on any atom is -0.303 e. The summed E-state index contributed by atoms with van der Waals surface area (Å²) in [5.41, 5.74) is 0. The summed E-state index contributed by atoms with van der Waals surface area (Å²) >= 11 is 3.58. The van der Waals surface area contributed by atoms with Crippen LogP contribution in [0.25, 0.3) is 0 Å². The van der Waals surface area contributed by atoms with Crippen molar-refractivity contribution in [2.75, 3.05) is 38.1 Å². The average Bonchev–Trinajstić information content (AvgIpc) is 2.83. The first-order chi connectivity index (χ1) is 8.31. The van der Waals surface area contributed by atoms with Gasteiger partial charge in [0.25, 0.3) is 0 Å². The molecule has 1 rings (SSSR count). The molecule has 1 aliphatic heterocycles. The van der Waals surface area contributed by atoms with E-state index in [-0.39, 0.29) is 0 Å². The van der Waals surface area contributed by atoms with Crippen molar-refractivity contribution in [3.05, 3.63) is 0 Å². The molecule has 0 unspecified atom stereocenters. The molecule has 0 aromatic heterocycles. The largest absolute Gasteiger partial charge is 0.303 e. The Morgan fingerprint density at radius 2 is 1.76 bits per heavy atom. The second kappa shape index (κ2) is 9.35. The lowest BCUT2D eigenvalue weighted by Crippen LogP contribution is -2.38. The summed E-state index contributed by atoms with van der Waals surface area (Å²) in [6, 6.07) is 0.783. The third-order valence-electron chi connectivity index (χ3n) is 3.95. The smallest absolute Gasteiger partial charge is 0.0159 e. The van der Waals surface area contributed by atoms with Crippen LogP contribution in [-0.4, -0.2) is 53.9 Å². The van der Waals surface area contributed by atoms with E-state index in [9.17, 15) is 0 Å². The fourth-order valence-corrected chi connectivity index (χ4v) is 3.35. The Bertz CT molecular complexity index is 177. The maximum absolute atomic E-state index is 3.58. The summed E-state index contributed by atoms with van der Waals surface area (Å²) in [7, 11) is 0.